The van der Waals surface area contributed by atoms with E-state index in [1.165, 1.54) is 5.56 Å². The van der Waals surface area contributed by atoms with E-state index in [0.29, 0.717) is 0 Å². The first kappa shape index (κ1) is 25.2. The second-order valence-electron chi connectivity index (χ2n) is 7.55. The molecule has 8 heteroatoms. The number of nitrogens with zero attached hydrogens (tertiary/aromatic N) is 3. The van der Waals surface area contributed by atoms with Gasteiger partial charge < -0.3 is 24.6 Å². The maximum Gasteiger partial charge on any atom is 0.193 e. The van der Waals surface area contributed by atoms with Crippen LogP contribution in [0.3, 0.4) is 0 Å². The SMILES string of the molecule is CN=C(NCC(c1ccc(OC)c(OC)c1)N(C)C)N1CCSC(C)(C)C1.I. The van der Waals surface area contributed by atoms with Gasteiger partial charge in [-0.2, -0.15) is 11.8 Å². The highest BCUT2D eigenvalue weighted by molar-refractivity contribution is 14.0. The predicted octanol–water partition coefficient (Wildman–Crippen LogP) is 3.33. The van der Waals surface area contributed by atoms with Gasteiger partial charge in [0.05, 0.1) is 20.3 Å². The number of halogens is 1. The molecule has 1 aliphatic heterocycles. The molecule has 1 atom stereocenters. The van der Waals surface area contributed by atoms with Gasteiger partial charge in [-0.25, -0.2) is 0 Å². The van der Waals surface area contributed by atoms with Crippen LogP contribution in [0.5, 0.6) is 11.5 Å². The number of hydrogen-bond donors (Lipinski definition) is 1. The molecule has 0 bridgehead atoms. The molecule has 0 radical (unpaired) electrons. The monoisotopic (exact) mass is 522 g/mol. The van der Waals surface area contributed by atoms with E-state index < -0.39 is 0 Å². The van der Waals surface area contributed by atoms with Gasteiger partial charge in [0.25, 0.3) is 0 Å². The third-order valence-corrected chi connectivity index (χ3v) is 6.10. The molecule has 1 aromatic carbocycles. The van der Waals surface area contributed by atoms with Gasteiger partial charge in [-0.1, -0.05) is 6.07 Å². The largest absolute Gasteiger partial charge is 0.493 e. The van der Waals surface area contributed by atoms with Crippen LogP contribution in [0.15, 0.2) is 23.2 Å². The van der Waals surface area contributed by atoms with Crippen LogP contribution in [-0.2, 0) is 0 Å². The second-order valence-corrected chi connectivity index (χ2v) is 9.35. The quantitative estimate of drug-likeness (QED) is 0.352. The summed E-state index contributed by atoms with van der Waals surface area (Å²) >= 11 is 2.03. The number of ether oxygens (including phenoxy) is 2. The van der Waals surface area contributed by atoms with Crippen LogP contribution < -0.4 is 14.8 Å². The lowest BCUT2D eigenvalue weighted by molar-refractivity contribution is 0.290. The molecule has 1 heterocycles. The summed E-state index contributed by atoms with van der Waals surface area (Å²) in [7, 11) is 9.37. The zero-order chi connectivity index (χ0) is 20.0. The summed E-state index contributed by atoms with van der Waals surface area (Å²) in [5, 5.41) is 3.58. The van der Waals surface area contributed by atoms with Crippen molar-refractivity contribution in [2.24, 2.45) is 4.99 Å². The van der Waals surface area contributed by atoms with Crippen LogP contribution >= 0.6 is 35.7 Å². The number of rotatable bonds is 6. The molecule has 2 rings (SSSR count). The molecule has 0 saturated carbocycles. The van der Waals surface area contributed by atoms with E-state index in [0.717, 1.165) is 42.8 Å². The highest BCUT2D eigenvalue weighted by Gasteiger charge is 2.29. The lowest BCUT2D eigenvalue weighted by Gasteiger charge is -2.39. The Kier molecular flexibility index (Phi) is 10.2. The van der Waals surface area contributed by atoms with Crippen molar-refractivity contribution in [1.82, 2.24) is 15.1 Å². The highest BCUT2D eigenvalue weighted by atomic mass is 127. The lowest BCUT2D eigenvalue weighted by atomic mass is 10.1. The molecule has 0 aliphatic carbocycles. The maximum absolute atomic E-state index is 5.47. The molecule has 0 amide bonds. The number of guanidine groups is 1. The second kappa shape index (κ2) is 11.3. The average molecular weight is 522 g/mol. The van der Waals surface area contributed by atoms with E-state index in [9.17, 15) is 0 Å². The Bertz CT molecular complexity index is 655. The third kappa shape index (κ3) is 6.59. The molecule has 1 saturated heterocycles. The minimum atomic E-state index is 0. The Morgan fingerprint density at radius 2 is 1.96 bits per heavy atom. The summed E-state index contributed by atoms with van der Waals surface area (Å²) in [5.41, 5.74) is 1.18. The maximum atomic E-state index is 5.47. The summed E-state index contributed by atoms with van der Waals surface area (Å²) in [6.07, 6.45) is 0. The van der Waals surface area contributed by atoms with Crippen molar-refractivity contribution in [3.8, 4) is 11.5 Å². The smallest absolute Gasteiger partial charge is 0.193 e. The fraction of sp³-hybridized carbons (Fsp3) is 0.650. The topological polar surface area (TPSA) is 49.3 Å². The van der Waals surface area contributed by atoms with E-state index in [-0.39, 0.29) is 34.8 Å². The molecule has 28 heavy (non-hydrogen) atoms. The molecular formula is C20H35IN4O2S. The number of benzene rings is 1. The van der Waals surface area contributed by atoms with Crippen LogP contribution in [-0.4, -0.2) is 81.3 Å². The van der Waals surface area contributed by atoms with Crippen LogP contribution in [0.1, 0.15) is 25.5 Å². The van der Waals surface area contributed by atoms with Crippen molar-refractivity contribution in [1.29, 1.82) is 0 Å². The average Bonchev–Trinajstić information content (AvgIpc) is 2.63. The van der Waals surface area contributed by atoms with E-state index in [4.69, 9.17) is 9.47 Å². The first-order valence-electron chi connectivity index (χ1n) is 9.29. The minimum absolute atomic E-state index is 0. The fourth-order valence-corrected chi connectivity index (χ4v) is 4.49. The van der Waals surface area contributed by atoms with Crippen LogP contribution in [0.4, 0.5) is 0 Å². The van der Waals surface area contributed by atoms with Crippen molar-refractivity contribution in [3.05, 3.63) is 23.8 Å². The number of aliphatic imine (C=N–C) groups is 1. The molecule has 0 spiro atoms. The number of likely N-dealkylation sites (N-methyl/N-ethyl adjacent to an activating group) is 1. The molecule has 1 fully saturated rings. The Morgan fingerprint density at radius 1 is 1.29 bits per heavy atom. The standard InChI is InChI=1S/C20H34N4O2S.HI/c1-20(2)14-24(10-11-27-20)19(21-3)22-13-16(23(4)5)15-8-9-17(25-6)18(12-15)26-7;/h8-9,12,16H,10-11,13-14H2,1-7H3,(H,21,22);1H. The fourth-order valence-electron chi connectivity index (χ4n) is 3.38. The first-order chi connectivity index (χ1) is 12.8. The summed E-state index contributed by atoms with van der Waals surface area (Å²) in [6, 6.07) is 6.30. The van der Waals surface area contributed by atoms with Crippen molar-refractivity contribution < 1.29 is 9.47 Å². The van der Waals surface area contributed by atoms with Gasteiger partial charge in [-0.05, 0) is 45.6 Å². The van der Waals surface area contributed by atoms with Gasteiger partial charge in [0.15, 0.2) is 17.5 Å². The Hall–Kier alpha value is -0.870. The predicted molar refractivity (Wildman–Crippen MR) is 131 cm³/mol. The normalized spacial score (nSPS) is 17.7. The molecule has 6 nitrogen and oxygen atoms in total. The number of nitrogens with one attached hydrogen (secondary N) is 1. The Balaban J connectivity index is 0.00000392. The van der Waals surface area contributed by atoms with Gasteiger partial charge in [-0.3, -0.25) is 4.99 Å². The van der Waals surface area contributed by atoms with Gasteiger partial charge >= 0.3 is 0 Å². The molecule has 1 N–H and O–H groups in total. The summed E-state index contributed by atoms with van der Waals surface area (Å²) < 4.78 is 11.1. The number of hydrogen-bond acceptors (Lipinski definition) is 5. The highest BCUT2D eigenvalue weighted by Crippen LogP contribution is 2.32. The van der Waals surface area contributed by atoms with Crippen molar-refractivity contribution in [2.75, 3.05) is 60.7 Å². The molecule has 160 valence electrons. The van der Waals surface area contributed by atoms with Gasteiger partial charge in [0, 0.05) is 37.2 Å². The van der Waals surface area contributed by atoms with E-state index in [2.05, 4.69) is 60.2 Å². The van der Waals surface area contributed by atoms with Gasteiger partial charge in [0.2, 0.25) is 0 Å². The molecule has 0 aromatic heterocycles. The summed E-state index contributed by atoms with van der Waals surface area (Å²) in [5.74, 6) is 3.59. The molecule has 1 unspecified atom stereocenters. The minimum Gasteiger partial charge on any atom is -0.493 e. The lowest BCUT2D eigenvalue weighted by Crippen LogP contribution is -2.52. The zero-order valence-corrected chi connectivity index (χ0v) is 21.3. The van der Waals surface area contributed by atoms with Gasteiger partial charge in [-0.15, -0.1) is 24.0 Å². The van der Waals surface area contributed by atoms with Crippen molar-refractivity contribution in [3.63, 3.8) is 0 Å². The molecular weight excluding hydrogens is 487 g/mol. The summed E-state index contributed by atoms with van der Waals surface area (Å²) in [4.78, 5) is 9.09. The Labute approximate surface area is 191 Å². The van der Waals surface area contributed by atoms with Crippen molar-refractivity contribution >= 4 is 41.7 Å². The van der Waals surface area contributed by atoms with Gasteiger partial charge in [0.1, 0.15) is 0 Å². The van der Waals surface area contributed by atoms with E-state index in [1.54, 1.807) is 14.2 Å². The first-order valence-corrected chi connectivity index (χ1v) is 10.3. The van der Waals surface area contributed by atoms with Crippen LogP contribution in [0, 0.1) is 0 Å². The van der Waals surface area contributed by atoms with Crippen molar-refractivity contribution in [2.45, 2.75) is 24.6 Å². The van der Waals surface area contributed by atoms with Crippen LogP contribution in [0.25, 0.3) is 0 Å². The molecule has 1 aliphatic rings. The van der Waals surface area contributed by atoms with E-state index >= 15 is 0 Å². The summed E-state index contributed by atoms with van der Waals surface area (Å²) in [6.45, 7) is 7.38. The number of thioether (sulfide) groups is 1. The zero-order valence-electron chi connectivity index (χ0n) is 18.1. The van der Waals surface area contributed by atoms with Crippen LogP contribution in [0.2, 0.25) is 0 Å². The number of methoxy groups -OCH3 is 2. The Morgan fingerprint density at radius 3 is 2.50 bits per heavy atom. The third-order valence-electron chi connectivity index (χ3n) is 4.81. The van der Waals surface area contributed by atoms with E-state index in [1.807, 2.05) is 24.9 Å². The molecule has 1 aromatic rings.